The molecule has 10 nitrogen and oxygen atoms in total. The summed E-state index contributed by atoms with van der Waals surface area (Å²) in [4.78, 5) is 24.5. The van der Waals surface area contributed by atoms with E-state index in [1.165, 1.54) is 31.0 Å². The third-order valence-corrected chi connectivity index (χ3v) is 8.01. The maximum Gasteiger partial charge on any atom is 0.365 e. The number of nitrogens with zero attached hydrogens (tertiary/aromatic N) is 4. The van der Waals surface area contributed by atoms with Gasteiger partial charge in [-0.1, -0.05) is 60.7 Å². The van der Waals surface area contributed by atoms with Crippen LogP contribution >= 0.6 is 11.8 Å². The number of methoxy groups -OCH3 is 1. The first-order valence-electron chi connectivity index (χ1n) is 13.8. The lowest BCUT2D eigenvalue weighted by molar-refractivity contribution is -0.887. The van der Waals surface area contributed by atoms with E-state index >= 15 is 0 Å². The average Bonchev–Trinajstić information content (AvgIpc) is 3.31. The van der Waals surface area contributed by atoms with Gasteiger partial charge in [0.25, 0.3) is 5.69 Å². The Morgan fingerprint density at radius 3 is 2.05 bits per heavy atom. The van der Waals surface area contributed by atoms with E-state index in [1.807, 2.05) is 97.1 Å². The van der Waals surface area contributed by atoms with E-state index in [1.54, 1.807) is 12.1 Å². The van der Waals surface area contributed by atoms with Crippen molar-refractivity contribution in [2.24, 2.45) is 0 Å². The van der Waals surface area contributed by atoms with Gasteiger partial charge in [0.05, 0.1) is 52.8 Å². The molecule has 4 aromatic rings. The van der Waals surface area contributed by atoms with Gasteiger partial charge in [-0.15, -0.1) is 0 Å². The van der Waals surface area contributed by atoms with Crippen LogP contribution in [-0.4, -0.2) is 54.2 Å². The Hall–Kier alpha value is -4.03. The Bertz CT molecular complexity index is 1490. The van der Waals surface area contributed by atoms with Gasteiger partial charge in [-0.05, 0) is 35.0 Å². The molecule has 0 aliphatic carbocycles. The standard InChI is InChI=1S/C32H38N4O6S/c1-36(2,3)30(31(37)40-4)19-28-20-33(23-41-21-25-11-7-5-8-12-25)32(43-29-17-15-27(16-18-29)35(38)39)34(28)24-42-22-26-13-9-6-10-14-26/h5-18,20,30H,19,21-24H2,1-4H3/q+2/t30-/m0/s1. The Morgan fingerprint density at radius 2 is 1.51 bits per heavy atom. The van der Waals surface area contributed by atoms with E-state index in [2.05, 4.69) is 0 Å². The summed E-state index contributed by atoms with van der Waals surface area (Å²) < 4.78 is 21.9. The van der Waals surface area contributed by atoms with Crippen molar-refractivity contribution in [2.75, 3.05) is 28.3 Å². The molecule has 11 heteroatoms. The molecule has 0 spiro atoms. The summed E-state index contributed by atoms with van der Waals surface area (Å²) in [6, 6.07) is 25.8. The molecule has 0 amide bonds. The van der Waals surface area contributed by atoms with E-state index < -0.39 is 11.0 Å². The van der Waals surface area contributed by atoms with Crippen molar-refractivity contribution >= 4 is 23.4 Å². The molecule has 0 bridgehead atoms. The number of likely N-dealkylation sites (N-methyl/N-ethyl adjacent to an activating group) is 1. The first kappa shape index (κ1) is 31.9. The number of carbonyl (C=O) groups excluding carboxylic acids is 1. The lowest BCUT2D eigenvalue weighted by Crippen LogP contribution is -2.51. The smallest absolute Gasteiger partial charge is 0.365 e. The number of rotatable bonds is 15. The zero-order chi connectivity index (χ0) is 30.8. The molecule has 0 aliphatic heterocycles. The molecule has 1 aromatic heterocycles. The lowest BCUT2D eigenvalue weighted by atomic mass is 10.1. The summed E-state index contributed by atoms with van der Waals surface area (Å²) in [5, 5.41) is 12.0. The zero-order valence-corrected chi connectivity index (χ0v) is 25.7. The molecule has 1 heterocycles. The normalized spacial score (nSPS) is 12.2. The summed E-state index contributed by atoms with van der Waals surface area (Å²) in [6.07, 6.45) is 2.38. The van der Waals surface area contributed by atoms with Crippen LogP contribution < -0.4 is 4.57 Å². The molecule has 0 radical (unpaired) electrons. The van der Waals surface area contributed by atoms with Crippen LogP contribution in [0, 0.1) is 10.1 Å². The van der Waals surface area contributed by atoms with Crippen LogP contribution in [0.1, 0.15) is 16.8 Å². The van der Waals surface area contributed by atoms with Gasteiger partial charge in [-0.3, -0.25) is 10.1 Å². The van der Waals surface area contributed by atoms with Crippen molar-refractivity contribution in [3.8, 4) is 0 Å². The summed E-state index contributed by atoms with van der Waals surface area (Å²) in [7, 11) is 7.29. The number of quaternary nitrogens is 1. The number of non-ortho nitro benzene ring substituents is 1. The average molecular weight is 607 g/mol. The number of imidazole rings is 1. The van der Waals surface area contributed by atoms with Crippen LogP contribution in [0.5, 0.6) is 0 Å². The minimum absolute atomic E-state index is 0.0227. The molecule has 0 aliphatic rings. The Balaban J connectivity index is 1.71. The lowest BCUT2D eigenvalue weighted by Gasteiger charge is -2.31. The molecular formula is C32H38N4O6S+2. The highest BCUT2D eigenvalue weighted by Gasteiger charge is 2.37. The number of ether oxygens (including phenoxy) is 3. The number of esters is 1. The molecule has 1 atom stereocenters. The number of hydrogen-bond acceptors (Lipinski definition) is 7. The Kier molecular flexibility index (Phi) is 11.1. The van der Waals surface area contributed by atoms with Crippen molar-refractivity contribution in [1.29, 1.82) is 0 Å². The van der Waals surface area contributed by atoms with E-state index in [9.17, 15) is 14.9 Å². The Labute approximate surface area is 256 Å². The van der Waals surface area contributed by atoms with Crippen molar-refractivity contribution < 1.29 is 33.0 Å². The van der Waals surface area contributed by atoms with Crippen LogP contribution in [0.4, 0.5) is 5.69 Å². The van der Waals surface area contributed by atoms with Gasteiger partial charge in [0.2, 0.25) is 0 Å². The highest BCUT2D eigenvalue weighted by Crippen LogP contribution is 2.29. The molecule has 43 heavy (non-hydrogen) atoms. The van der Waals surface area contributed by atoms with Crippen LogP contribution in [0.3, 0.4) is 0 Å². The SMILES string of the molecule is COC(=O)[C@H](Cc1c[n+](COCc2ccccc2)c(Sc2ccc([N+](=O)[O-])cc2)n1COCc1ccccc1)[N+](C)(C)C. The van der Waals surface area contributed by atoms with Crippen LogP contribution in [0.2, 0.25) is 0 Å². The van der Waals surface area contributed by atoms with Gasteiger partial charge in [-0.25, -0.2) is 4.79 Å². The zero-order valence-electron chi connectivity index (χ0n) is 24.9. The fourth-order valence-corrected chi connectivity index (χ4v) is 5.49. The first-order valence-corrected chi connectivity index (χ1v) is 14.6. The van der Waals surface area contributed by atoms with Gasteiger partial charge in [0, 0.05) is 17.0 Å². The molecule has 0 N–H and O–H groups in total. The number of benzene rings is 3. The molecule has 4 rings (SSSR count). The van der Waals surface area contributed by atoms with E-state index in [-0.39, 0.29) is 25.1 Å². The fourth-order valence-electron chi connectivity index (χ4n) is 4.50. The van der Waals surface area contributed by atoms with Crippen molar-refractivity contribution in [3.63, 3.8) is 0 Å². The number of aromatic nitrogens is 2. The summed E-state index contributed by atoms with van der Waals surface area (Å²) in [6.45, 7) is 1.29. The Morgan fingerprint density at radius 1 is 0.930 bits per heavy atom. The van der Waals surface area contributed by atoms with Crippen molar-refractivity contribution in [1.82, 2.24) is 4.57 Å². The predicted molar refractivity (Wildman–Crippen MR) is 162 cm³/mol. The van der Waals surface area contributed by atoms with E-state index in [0.29, 0.717) is 24.1 Å². The molecule has 3 aromatic carbocycles. The second-order valence-electron chi connectivity index (χ2n) is 10.9. The minimum atomic E-state index is -0.469. The van der Waals surface area contributed by atoms with Gasteiger partial charge >= 0.3 is 11.1 Å². The number of nitro benzene ring substituents is 1. The third-order valence-electron chi connectivity index (χ3n) is 6.87. The summed E-state index contributed by atoms with van der Waals surface area (Å²) in [5.41, 5.74) is 2.98. The van der Waals surface area contributed by atoms with Gasteiger partial charge in [-0.2, -0.15) is 9.13 Å². The van der Waals surface area contributed by atoms with Crippen molar-refractivity contribution in [2.45, 2.75) is 49.2 Å². The van der Waals surface area contributed by atoms with E-state index in [0.717, 1.165) is 26.9 Å². The van der Waals surface area contributed by atoms with Crippen LogP contribution in [0.25, 0.3) is 0 Å². The molecule has 0 unspecified atom stereocenters. The van der Waals surface area contributed by atoms with Gasteiger partial charge in [0.1, 0.15) is 6.20 Å². The molecule has 0 saturated heterocycles. The van der Waals surface area contributed by atoms with Crippen LogP contribution in [-0.2, 0) is 52.1 Å². The highest BCUT2D eigenvalue weighted by molar-refractivity contribution is 7.99. The molecule has 0 fully saturated rings. The number of carbonyl (C=O) groups is 1. The largest absolute Gasteiger partial charge is 0.465 e. The quantitative estimate of drug-likeness (QED) is 0.0620. The number of hydrogen-bond donors (Lipinski definition) is 0. The second kappa shape index (κ2) is 14.9. The second-order valence-corrected chi connectivity index (χ2v) is 12.0. The maximum absolute atomic E-state index is 12.9. The number of nitro groups is 1. The third kappa shape index (κ3) is 8.98. The van der Waals surface area contributed by atoms with Gasteiger partial charge in [0.15, 0.2) is 25.2 Å². The summed E-state index contributed by atoms with van der Waals surface area (Å²) >= 11 is 1.45. The van der Waals surface area contributed by atoms with Crippen molar-refractivity contribution in [3.05, 3.63) is 118 Å². The highest BCUT2D eigenvalue weighted by atomic mass is 32.2. The predicted octanol–water partition coefficient (Wildman–Crippen LogP) is 4.97. The molecular weight excluding hydrogens is 568 g/mol. The van der Waals surface area contributed by atoms with Gasteiger partial charge < -0.3 is 18.7 Å². The maximum atomic E-state index is 12.9. The van der Waals surface area contributed by atoms with E-state index in [4.69, 9.17) is 14.2 Å². The summed E-state index contributed by atoms with van der Waals surface area (Å²) in [5.74, 6) is -0.304. The molecule has 0 saturated carbocycles. The topological polar surface area (TPSA) is 96.7 Å². The molecule has 226 valence electrons. The first-order chi connectivity index (χ1) is 20.7. The minimum Gasteiger partial charge on any atom is -0.465 e. The van der Waals surface area contributed by atoms with Crippen LogP contribution in [0.15, 0.2) is 101 Å². The fraction of sp³-hybridized carbons (Fsp3) is 0.312. The monoisotopic (exact) mass is 606 g/mol.